The molecule has 2 aliphatic rings. The van der Waals surface area contributed by atoms with Crippen molar-refractivity contribution in [3.8, 4) is 16.8 Å². The van der Waals surface area contributed by atoms with Crippen molar-refractivity contribution >= 4 is 11.0 Å². The van der Waals surface area contributed by atoms with Crippen molar-refractivity contribution < 1.29 is 0 Å². The number of rotatable bonds is 2. The van der Waals surface area contributed by atoms with Crippen molar-refractivity contribution in [2.75, 3.05) is 0 Å². The zero-order chi connectivity index (χ0) is 24.7. The van der Waals surface area contributed by atoms with E-state index in [4.69, 9.17) is 4.98 Å². The highest BCUT2D eigenvalue weighted by Crippen LogP contribution is 2.60. The average Bonchev–Trinajstić information content (AvgIpc) is 3.53. The molecular formula is C34H28N2. The van der Waals surface area contributed by atoms with Crippen LogP contribution in [-0.4, -0.2) is 9.55 Å². The Morgan fingerprint density at radius 3 is 2.31 bits per heavy atom. The summed E-state index contributed by atoms with van der Waals surface area (Å²) in [7, 11) is 0. The second kappa shape index (κ2) is 8.66. The van der Waals surface area contributed by atoms with Crippen LogP contribution in [0.3, 0.4) is 0 Å². The van der Waals surface area contributed by atoms with E-state index in [-0.39, 0.29) is 5.41 Å². The number of hydrogen-bond acceptors (Lipinski definition) is 1. The quantitative estimate of drug-likeness (QED) is 0.235. The van der Waals surface area contributed by atoms with Crippen LogP contribution >= 0.6 is 0 Å². The molecule has 5 aromatic rings. The van der Waals surface area contributed by atoms with Crippen LogP contribution in [0.1, 0.15) is 35.0 Å². The fourth-order valence-corrected chi connectivity index (χ4v) is 5.92. The van der Waals surface area contributed by atoms with Crippen LogP contribution in [0.5, 0.6) is 0 Å². The van der Waals surface area contributed by atoms with Crippen molar-refractivity contribution in [2.45, 2.75) is 19.3 Å². The Balaban J connectivity index is 0.000000305. The summed E-state index contributed by atoms with van der Waals surface area (Å²) in [4.78, 5) is 5.23. The van der Waals surface area contributed by atoms with Crippen LogP contribution in [0.25, 0.3) is 27.8 Å². The first-order valence-electron chi connectivity index (χ1n) is 12.4. The highest BCUT2D eigenvalue weighted by Gasteiger charge is 2.54. The molecule has 0 N–H and O–H groups in total. The molecule has 2 nitrogen and oxygen atoms in total. The van der Waals surface area contributed by atoms with Gasteiger partial charge in [-0.2, -0.15) is 0 Å². The van der Waals surface area contributed by atoms with Crippen molar-refractivity contribution in [1.29, 1.82) is 0 Å². The van der Waals surface area contributed by atoms with E-state index in [0.29, 0.717) is 0 Å². The van der Waals surface area contributed by atoms with Gasteiger partial charge in [0.2, 0.25) is 0 Å². The lowest BCUT2D eigenvalue weighted by Crippen LogP contribution is -2.27. The molecule has 0 fully saturated rings. The van der Waals surface area contributed by atoms with Crippen LogP contribution in [-0.2, 0) is 5.41 Å². The molecule has 1 spiro atoms. The molecule has 0 saturated heterocycles. The predicted octanol–water partition coefficient (Wildman–Crippen LogP) is 8.32. The topological polar surface area (TPSA) is 17.8 Å². The molecule has 174 valence electrons. The van der Waals surface area contributed by atoms with E-state index < -0.39 is 0 Å². The number of imidazole rings is 1. The minimum atomic E-state index is -0.368. The van der Waals surface area contributed by atoms with Crippen molar-refractivity contribution in [3.05, 3.63) is 156 Å². The highest BCUT2D eigenvalue weighted by atomic mass is 15.1. The van der Waals surface area contributed by atoms with Crippen LogP contribution in [0.2, 0.25) is 0 Å². The normalized spacial score (nSPS) is 16.6. The summed E-state index contributed by atoms with van der Waals surface area (Å²) in [6, 6.07) is 32.9. The molecule has 4 aromatic carbocycles. The van der Waals surface area contributed by atoms with Gasteiger partial charge in [-0.1, -0.05) is 110 Å². The fraction of sp³-hybridized carbons (Fsp3) is 0.0882. The molecule has 0 amide bonds. The Morgan fingerprint density at radius 1 is 0.750 bits per heavy atom. The van der Waals surface area contributed by atoms with E-state index >= 15 is 0 Å². The Hall–Kier alpha value is -4.43. The smallest absolute Gasteiger partial charge is 0.134 e. The summed E-state index contributed by atoms with van der Waals surface area (Å²) in [6.45, 7) is 7.71. The molecule has 1 unspecified atom stereocenters. The van der Waals surface area contributed by atoms with Gasteiger partial charge < -0.3 is 0 Å². The first-order valence-corrected chi connectivity index (χ1v) is 12.4. The van der Waals surface area contributed by atoms with E-state index in [0.717, 1.165) is 11.3 Å². The summed E-state index contributed by atoms with van der Waals surface area (Å²) >= 11 is 0. The molecule has 1 aliphatic heterocycles. The van der Waals surface area contributed by atoms with E-state index in [9.17, 15) is 0 Å². The number of hydrogen-bond donors (Lipinski definition) is 0. The third-order valence-corrected chi connectivity index (χ3v) is 7.27. The molecule has 2 heteroatoms. The number of aryl methyl sites for hydroxylation is 1. The molecule has 2 heterocycles. The Morgan fingerprint density at radius 2 is 1.47 bits per heavy atom. The largest absolute Gasteiger partial charge is 0.295 e. The molecule has 0 saturated carbocycles. The lowest BCUT2D eigenvalue weighted by atomic mass is 9.73. The van der Waals surface area contributed by atoms with Crippen LogP contribution in [0, 0.1) is 6.92 Å². The molecular weight excluding hydrogens is 436 g/mol. The zero-order valence-electron chi connectivity index (χ0n) is 20.6. The van der Waals surface area contributed by atoms with Gasteiger partial charge in [0.25, 0.3) is 0 Å². The SMILES string of the molecule is C=C/C=C\C=C/C.Cc1cccc2c1-c1ccccc1C21c2ccccc2-n2c1nc1ccccc12. The van der Waals surface area contributed by atoms with Crippen LogP contribution in [0.4, 0.5) is 0 Å². The average molecular weight is 465 g/mol. The maximum absolute atomic E-state index is 5.23. The number of nitrogens with zero attached hydrogens (tertiary/aromatic N) is 2. The van der Waals surface area contributed by atoms with Crippen molar-refractivity contribution in [3.63, 3.8) is 0 Å². The monoisotopic (exact) mass is 464 g/mol. The number of benzene rings is 4. The van der Waals surface area contributed by atoms with Gasteiger partial charge in [-0.15, -0.1) is 0 Å². The third kappa shape index (κ3) is 2.94. The highest BCUT2D eigenvalue weighted by molar-refractivity contribution is 5.92. The summed E-state index contributed by atoms with van der Waals surface area (Å²) < 4.78 is 2.37. The molecule has 1 aliphatic carbocycles. The van der Waals surface area contributed by atoms with Crippen molar-refractivity contribution in [1.82, 2.24) is 9.55 Å². The van der Waals surface area contributed by atoms with Gasteiger partial charge in [0.1, 0.15) is 11.2 Å². The second-order valence-corrected chi connectivity index (χ2v) is 9.22. The minimum absolute atomic E-state index is 0.368. The van der Waals surface area contributed by atoms with E-state index in [1.165, 1.54) is 44.6 Å². The van der Waals surface area contributed by atoms with Gasteiger partial charge in [-0.3, -0.25) is 4.57 Å². The summed E-state index contributed by atoms with van der Waals surface area (Å²) in [6.07, 6.45) is 9.51. The molecule has 0 bridgehead atoms. The summed E-state index contributed by atoms with van der Waals surface area (Å²) in [5.41, 5.74) is 11.1. The first kappa shape index (κ1) is 22.1. The fourth-order valence-electron chi connectivity index (χ4n) is 5.92. The van der Waals surface area contributed by atoms with E-state index in [1.807, 2.05) is 31.2 Å². The number of fused-ring (bicyclic) bond motifs is 12. The van der Waals surface area contributed by atoms with Gasteiger partial charge in [0.05, 0.1) is 16.7 Å². The Bertz CT molecular complexity index is 1680. The number of para-hydroxylation sites is 3. The van der Waals surface area contributed by atoms with Crippen LogP contribution < -0.4 is 0 Å². The maximum atomic E-state index is 5.23. The van der Waals surface area contributed by atoms with Crippen molar-refractivity contribution in [2.24, 2.45) is 0 Å². The van der Waals surface area contributed by atoms with Gasteiger partial charge in [0, 0.05) is 0 Å². The molecule has 7 rings (SSSR count). The first-order chi connectivity index (χ1) is 17.7. The minimum Gasteiger partial charge on any atom is -0.295 e. The third-order valence-electron chi connectivity index (χ3n) is 7.27. The molecule has 1 atom stereocenters. The lowest BCUT2D eigenvalue weighted by Gasteiger charge is -2.27. The Labute approximate surface area is 212 Å². The van der Waals surface area contributed by atoms with Crippen LogP contribution in [0.15, 0.2) is 128 Å². The second-order valence-electron chi connectivity index (χ2n) is 9.22. The zero-order valence-corrected chi connectivity index (χ0v) is 20.6. The van der Waals surface area contributed by atoms with Gasteiger partial charge in [0.15, 0.2) is 0 Å². The van der Waals surface area contributed by atoms with Gasteiger partial charge in [-0.25, -0.2) is 4.98 Å². The lowest BCUT2D eigenvalue weighted by molar-refractivity contribution is 0.737. The van der Waals surface area contributed by atoms with Gasteiger partial charge in [-0.05, 0) is 65.4 Å². The van der Waals surface area contributed by atoms with E-state index in [2.05, 4.69) is 109 Å². The summed E-state index contributed by atoms with van der Waals surface area (Å²) in [5, 5.41) is 0. The van der Waals surface area contributed by atoms with Gasteiger partial charge >= 0.3 is 0 Å². The maximum Gasteiger partial charge on any atom is 0.134 e. The molecule has 36 heavy (non-hydrogen) atoms. The predicted molar refractivity (Wildman–Crippen MR) is 151 cm³/mol. The summed E-state index contributed by atoms with van der Waals surface area (Å²) in [5.74, 6) is 1.11. The van der Waals surface area contributed by atoms with E-state index in [1.54, 1.807) is 6.08 Å². The number of allylic oxidation sites excluding steroid dienone is 5. The Kier molecular flexibility index (Phi) is 5.30. The standard InChI is InChI=1S/C27H18N2.C7H10/c1-17-9-8-13-21-25(17)18-10-2-3-11-19(18)27(21)20-12-4-6-15-23(20)29-24-16-7-5-14-22(24)28-26(27)29;1-3-5-7-6-4-2/h2-16H,1H3;3-7H,1H2,2H3/b;6-4-,7-5-. The molecule has 0 radical (unpaired) electrons. The number of aromatic nitrogens is 2. The molecule has 1 aromatic heterocycles.